The van der Waals surface area contributed by atoms with Gasteiger partial charge >= 0.3 is 0 Å². The van der Waals surface area contributed by atoms with E-state index in [0.717, 1.165) is 4.88 Å². The molecule has 2 fully saturated rings. The highest BCUT2D eigenvalue weighted by atomic mass is 32.1. The third kappa shape index (κ3) is 3.57. The first-order valence-electron chi connectivity index (χ1n) is 11.1. The number of thiophene rings is 1. The Hall–Kier alpha value is -2.97. The van der Waals surface area contributed by atoms with Crippen LogP contribution < -0.4 is 15.5 Å². The van der Waals surface area contributed by atoms with Crippen LogP contribution in [0.3, 0.4) is 0 Å². The fourth-order valence-corrected chi connectivity index (χ4v) is 5.83. The van der Waals surface area contributed by atoms with Crippen LogP contribution in [-0.4, -0.2) is 41.0 Å². The highest BCUT2D eigenvalue weighted by Gasteiger charge is 2.73. The number of fused-ring (bicyclic) bond motifs is 1. The average Bonchev–Trinajstić information content (AvgIpc) is 3.53. The van der Waals surface area contributed by atoms with E-state index in [0.29, 0.717) is 12.2 Å². The van der Waals surface area contributed by atoms with Gasteiger partial charge in [0, 0.05) is 16.1 Å². The molecule has 1 aromatic carbocycles. The third-order valence-corrected chi connectivity index (χ3v) is 7.25. The molecule has 0 aliphatic carbocycles. The maximum absolute atomic E-state index is 13.9. The summed E-state index contributed by atoms with van der Waals surface area (Å²) < 4.78 is 6.33. The highest BCUT2D eigenvalue weighted by molar-refractivity contribution is 7.09. The van der Waals surface area contributed by atoms with E-state index in [1.165, 1.54) is 4.90 Å². The summed E-state index contributed by atoms with van der Waals surface area (Å²) in [7, 11) is 0. The van der Waals surface area contributed by atoms with Crippen molar-refractivity contribution in [3.05, 3.63) is 64.9 Å². The Morgan fingerprint density at radius 1 is 1.12 bits per heavy atom. The molecule has 2 bridgehead atoms. The Morgan fingerprint density at radius 2 is 1.88 bits per heavy atom. The fraction of sp³-hybridized carbons (Fsp3) is 0.400. The number of nitrogens with one attached hydrogen (secondary N) is 2. The number of para-hydroxylation sites is 1. The topological polar surface area (TPSA) is 87.7 Å². The van der Waals surface area contributed by atoms with Crippen LogP contribution >= 0.6 is 11.3 Å². The minimum Gasteiger partial charge on any atom is -0.359 e. The monoisotopic (exact) mass is 465 g/mol. The minimum absolute atomic E-state index is 0.233. The Morgan fingerprint density at radius 3 is 2.55 bits per heavy atom. The van der Waals surface area contributed by atoms with Crippen molar-refractivity contribution in [3.63, 3.8) is 0 Å². The van der Waals surface area contributed by atoms with Gasteiger partial charge in [-0.1, -0.05) is 36.4 Å². The molecule has 8 heteroatoms. The molecule has 1 aromatic heterocycles. The van der Waals surface area contributed by atoms with Gasteiger partial charge in [-0.05, 0) is 44.4 Å². The summed E-state index contributed by atoms with van der Waals surface area (Å²) in [6, 6.07) is 12.1. The second-order valence-electron chi connectivity index (χ2n) is 9.78. The number of hydrogen-bond acceptors (Lipinski definition) is 5. The van der Waals surface area contributed by atoms with Crippen LogP contribution in [0.15, 0.2) is 60.0 Å². The van der Waals surface area contributed by atoms with Crippen LogP contribution in [0.5, 0.6) is 0 Å². The SMILES string of the molecule is CC(C)(C)NC(=O)[C@@H]1N(c2ccccc2)C(=O)[C@H]2[C@H](C(=O)NCc3cccs3)[C@H]3C=C[C@@]12O3. The zero-order valence-corrected chi connectivity index (χ0v) is 19.6. The first-order chi connectivity index (χ1) is 15.7. The Kier molecular flexibility index (Phi) is 5.17. The van der Waals surface area contributed by atoms with Gasteiger partial charge in [0.15, 0.2) is 0 Å². The molecule has 7 nitrogen and oxygen atoms in total. The van der Waals surface area contributed by atoms with Crippen LogP contribution in [0.4, 0.5) is 5.69 Å². The van der Waals surface area contributed by atoms with Gasteiger partial charge in [0.2, 0.25) is 17.7 Å². The van der Waals surface area contributed by atoms with Gasteiger partial charge in [0.1, 0.15) is 11.6 Å². The lowest BCUT2D eigenvalue weighted by Crippen LogP contribution is -2.58. The van der Waals surface area contributed by atoms with Crippen molar-refractivity contribution in [2.24, 2.45) is 11.8 Å². The van der Waals surface area contributed by atoms with Crippen molar-refractivity contribution >= 4 is 34.7 Å². The Balaban J connectivity index is 1.51. The molecule has 4 heterocycles. The maximum atomic E-state index is 13.9. The van der Waals surface area contributed by atoms with Crippen molar-refractivity contribution in [2.45, 2.75) is 50.6 Å². The molecular weight excluding hydrogens is 438 g/mol. The smallest absolute Gasteiger partial charge is 0.246 e. The molecule has 0 radical (unpaired) electrons. The first kappa shape index (κ1) is 21.9. The zero-order chi connectivity index (χ0) is 23.4. The predicted molar refractivity (Wildman–Crippen MR) is 126 cm³/mol. The Labute approximate surface area is 196 Å². The molecule has 2 saturated heterocycles. The second-order valence-corrected chi connectivity index (χ2v) is 10.8. The first-order valence-corrected chi connectivity index (χ1v) is 12.0. The number of rotatable bonds is 5. The summed E-state index contributed by atoms with van der Waals surface area (Å²) in [5.41, 5.74) is -1.06. The zero-order valence-electron chi connectivity index (χ0n) is 18.8. The van der Waals surface area contributed by atoms with Gasteiger partial charge in [-0.3, -0.25) is 19.3 Å². The van der Waals surface area contributed by atoms with E-state index in [1.54, 1.807) is 23.5 Å². The number of ether oxygens (including phenoxy) is 1. The standard InChI is InChI=1S/C25H27N3O4S/c1-24(2,3)27-22(30)20-25-12-11-17(32-25)18(21(29)26-14-16-10-7-13-33-16)19(25)23(31)28(20)15-8-5-4-6-9-15/h4-13,17-20H,14H2,1-3H3,(H,26,29)(H,27,30)/t17-,18-,19-,20+,25+/m1/s1. The molecule has 2 N–H and O–H groups in total. The molecular formula is C25H27N3O4S. The predicted octanol–water partition coefficient (Wildman–Crippen LogP) is 2.63. The van der Waals surface area contributed by atoms with Crippen LogP contribution in [0.25, 0.3) is 0 Å². The number of carbonyl (C=O) groups excluding carboxylic acids is 3. The summed E-state index contributed by atoms with van der Waals surface area (Å²) in [5, 5.41) is 7.93. The molecule has 3 amide bonds. The van der Waals surface area contributed by atoms with Crippen molar-refractivity contribution in [2.75, 3.05) is 4.90 Å². The van der Waals surface area contributed by atoms with Gasteiger partial charge in [-0.15, -0.1) is 11.3 Å². The molecule has 3 aliphatic heterocycles. The number of amides is 3. The average molecular weight is 466 g/mol. The van der Waals surface area contributed by atoms with Crippen LogP contribution in [0.1, 0.15) is 25.6 Å². The quantitative estimate of drug-likeness (QED) is 0.665. The number of carbonyl (C=O) groups is 3. The van der Waals surface area contributed by atoms with Gasteiger partial charge in [0.25, 0.3) is 0 Å². The van der Waals surface area contributed by atoms with E-state index >= 15 is 0 Å². The molecule has 0 unspecified atom stereocenters. The number of hydrogen-bond donors (Lipinski definition) is 2. The van der Waals surface area contributed by atoms with E-state index in [-0.39, 0.29) is 17.7 Å². The number of benzene rings is 1. The fourth-order valence-electron chi connectivity index (χ4n) is 5.18. The molecule has 5 atom stereocenters. The lowest BCUT2D eigenvalue weighted by molar-refractivity contribution is -0.132. The molecule has 1 spiro atoms. The van der Waals surface area contributed by atoms with E-state index in [4.69, 9.17) is 4.74 Å². The molecule has 33 heavy (non-hydrogen) atoms. The lowest BCUT2D eigenvalue weighted by Gasteiger charge is -2.34. The molecule has 3 aliphatic rings. The summed E-state index contributed by atoms with van der Waals surface area (Å²) in [6.07, 6.45) is 3.11. The van der Waals surface area contributed by atoms with Crippen LogP contribution in [-0.2, 0) is 25.7 Å². The highest BCUT2D eigenvalue weighted by Crippen LogP contribution is 2.55. The third-order valence-electron chi connectivity index (χ3n) is 6.38. The van der Waals surface area contributed by atoms with Crippen LogP contribution in [0, 0.1) is 11.8 Å². The molecule has 172 valence electrons. The van der Waals surface area contributed by atoms with Gasteiger partial charge in [-0.25, -0.2) is 0 Å². The van der Waals surface area contributed by atoms with Gasteiger partial charge in [-0.2, -0.15) is 0 Å². The summed E-state index contributed by atoms with van der Waals surface area (Å²) >= 11 is 1.56. The van der Waals surface area contributed by atoms with Crippen LogP contribution in [0.2, 0.25) is 0 Å². The molecule has 5 rings (SSSR count). The van der Waals surface area contributed by atoms with Crippen molar-refractivity contribution < 1.29 is 19.1 Å². The molecule has 0 saturated carbocycles. The van der Waals surface area contributed by atoms with Crippen molar-refractivity contribution in [3.8, 4) is 0 Å². The minimum atomic E-state index is -1.18. The number of anilines is 1. The normalized spacial score (nSPS) is 29.9. The van der Waals surface area contributed by atoms with E-state index in [1.807, 2.05) is 68.6 Å². The molecule has 2 aromatic rings. The Bertz CT molecular complexity index is 1110. The van der Waals surface area contributed by atoms with E-state index in [9.17, 15) is 14.4 Å². The summed E-state index contributed by atoms with van der Waals surface area (Å²) in [6.45, 7) is 6.08. The van der Waals surface area contributed by atoms with Crippen molar-refractivity contribution in [1.29, 1.82) is 0 Å². The lowest BCUT2D eigenvalue weighted by atomic mass is 9.74. The maximum Gasteiger partial charge on any atom is 0.246 e. The van der Waals surface area contributed by atoms with E-state index in [2.05, 4.69) is 10.6 Å². The summed E-state index contributed by atoms with van der Waals surface area (Å²) in [5.74, 6) is -2.26. The second kappa shape index (κ2) is 7.81. The van der Waals surface area contributed by atoms with Gasteiger partial charge < -0.3 is 15.4 Å². The van der Waals surface area contributed by atoms with Crippen molar-refractivity contribution in [1.82, 2.24) is 10.6 Å². The van der Waals surface area contributed by atoms with E-state index < -0.39 is 35.1 Å². The largest absolute Gasteiger partial charge is 0.359 e. The number of nitrogens with zero attached hydrogens (tertiary/aromatic N) is 1. The van der Waals surface area contributed by atoms with Gasteiger partial charge in [0.05, 0.1) is 24.5 Å². The summed E-state index contributed by atoms with van der Waals surface area (Å²) in [4.78, 5) is 43.2.